The summed E-state index contributed by atoms with van der Waals surface area (Å²) in [5.41, 5.74) is 11.7. The summed E-state index contributed by atoms with van der Waals surface area (Å²) in [6.07, 6.45) is 2.52. The largest absolute Gasteiger partial charge is 0.872 e. The van der Waals surface area contributed by atoms with Gasteiger partial charge in [0.05, 0.1) is 0 Å². The van der Waals surface area contributed by atoms with Crippen molar-refractivity contribution in [1.29, 1.82) is 0 Å². The third-order valence-corrected chi connectivity index (χ3v) is 9.48. The number of aromatic hydroxyl groups is 3. The van der Waals surface area contributed by atoms with E-state index in [1.54, 1.807) is 0 Å². The molecule has 0 saturated carbocycles. The maximum atomic E-state index is 14.0. The lowest BCUT2D eigenvalue weighted by molar-refractivity contribution is -0.270. The zero-order chi connectivity index (χ0) is 37.4. The van der Waals surface area contributed by atoms with E-state index in [2.05, 4.69) is 24.3 Å². The molecule has 0 atom stereocenters. The number of fused-ring (bicyclic) bond motifs is 8. The van der Waals surface area contributed by atoms with Gasteiger partial charge in [0.25, 0.3) is 0 Å². The van der Waals surface area contributed by atoms with Crippen LogP contribution < -0.4 is 5.11 Å². The van der Waals surface area contributed by atoms with E-state index < -0.39 is 0 Å². The fraction of sp³-hybridized carbons (Fsp3) is 0.280. The third-order valence-electron chi connectivity index (χ3n) is 9.48. The zero-order valence-electron chi connectivity index (χ0n) is 31.4. The van der Waals surface area contributed by atoms with Crippen LogP contribution in [0.3, 0.4) is 0 Å². The summed E-state index contributed by atoms with van der Waals surface area (Å²) < 4.78 is 0. The van der Waals surface area contributed by atoms with Crippen molar-refractivity contribution in [2.24, 2.45) is 0 Å². The quantitative estimate of drug-likeness (QED) is 0.169. The van der Waals surface area contributed by atoms with Crippen LogP contribution in [-0.2, 0) is 38.5 Å². The van der Waals surface area contributed by atoms with E-state index in [4.69, 9.17) is 0 Å². The van der Waals surface area contributed by atoms with E-state index >= 15 is 0 Å². The Labute approximate surface area is 324 Å². The molecule has 3 N–H and O–H groups in total. The molecule has 0 saturated heterocycles. The fourth-order valence-corrected chi connectivity index (χ4v) is 7.29. The maximum Gasteiger partial charge on any atom is 0.122 e. The second kappa shape index (κ2) is 19.6. The van der Waals surface area contributed by atoms with E-state index in [1.807, 2.05) is 126 Å². The number of benzene rings is 6. The molecule has 54 heavy (non-hydrogen) atoms. The Morgan fingerprint density at radius 2 is 0.667 bits per heavy atom. The summed E-state index contributed by atoms with van der Waals surface area (Å²) in [5, 5.41) is 49.2. The molecule has 8 bridgehead atoms. The molecule has 0 spiro atoms. The van der Waals surface area contributed by atoms with E-state index in [1.165, 1.54) is 0 Å². The number of phenolic OH excluding ortho intramolecular Hbond substituents is 3. The van der Waals surface area contributed by atoms with Gasteiger partial charge in [-0.15, -0.1) is 5.75 Å². The first-order chi connectivity index (χ1) is 25.2. The standard InChI is InChI=1S/C44H40O4.2C2H6.2CH4/c1-27-13-33-23-34-14-28(2)16-36(42(34)46)25-38-20-32(18-30-11-7-4-8-12-30)22-40(44(38)48)26-39-21-31(17-29-9-5-3-6-10-29)19-37(43(39)47)24-35(15-27)41(33)45;2*1-2;;/h3-16,19-22,45-48H,17-18,23-26H2,1-2H3;2*1-2H3;2*1H4/p-1. The summed E-state index contributed by atoms with van der Waals surface area (Å²) in [5.74, 6) is 0.392. The predicted octanol–water partition coefficient (Wildman–Crippen LogP) is 11.7. The molecule has 1 aliphatic carbocycles. The van der Waals surface area contributed by atoms with Crippen LogP contribution in [0.15, 0.2) is 109 Å². The van der Waals surface area contributed by atoms with Crippen molar-refractivity contribution in [3.8, 4) is 23.0 Å². The Hall–Kier alpha value is -5.48. The van der Waals surface area contributed by atoms with E-state index in [0.29, 0.717) is 70.2 Å². The first kappa shape index (κ1) is 42.9. The summed E-state index contributed by atoms with van der Waals surface area (Å²) in [7, 11) is 0. The lowest BCUT2D eigenvalue weighted by atomic mass is 9.87. The van der Waals surface area contributed by atoms with Crippen LogP contribution in [0.1, 0.15) is 120 Å². The summed E-state index contributed by atoms with van der Waals surface area (Å²) in [6, 6.07) is 36.2. The lowest BCUT2D eigenvalue weighted by Gasteiger charge is -2.23. The van der Waals surface area contributed by atoms with Gasteiger partial charge in [0.1, 0.15) is 17.2 Å². The minimum atomic E-state index is -0.0713. The molecule has 0 radical (unpaired) electrons. The molecule has 0 aromatic heterocycles. The van der Waals surface area contributed by atoms with Crippen molar-refractivity contribution < 1.29 is 20.4 Å². The Morgan fingerprint density at radius 1 is 0.407 bits per heavy atom. The van der Waals surface area contributed by atoms with Crippen molar-refractivity contribution in [2.75, 3.05) is 0 Å². The fourth-order valence-electron chi connectivity index (χ4n) is 7.29. The van der Waals surface area contributed by atoms with Gasteiger partial charge < -0.3 is 20.4 Å². The Balaban J connectivity index is 0.00000127. The monoisotopic (exact) mass is 723 g/mol. The third kappa shape index (κ3) is 9.93. The maximum absolute atomic E-state index is 14.0. The highest BCUT2D eigenvalue weighted by Crippen LogP contribution is 2.39. The molecule has 6 aromatic rings. The van der Waals surface area contributed by atoms with Crippen LogP contribution in [0.4, 0.5) is 0 Å². The highest BCUT2D eigenvalue weighted by molar-refractivity contribution is 5.57. The topological polar surface area (TPSA) is 83.8 Å². The number of hydrogen-bond acceptors (Lipinski definition) is 4. The molecule has 0 fully saturated rings. The van der Waals surface area contributed by atoms with Gasteiger partial charge in [-0.05, 0) is 82.3 Å². The molecule has 4 heteroatoms. The predicted molar refractivity (Wildman–Crippen MR) is 226 cm³/mol. The molecule has 6 aromatic carbocycles. The molecule has 1 aliphatic rings. The zero-order valence-corrected chi connectivity index (χ0v) is 31.4. The summed E-state index contributed by atoms with van der Waals surface area (Å²) in [6.45, 7) is 12.0. The highest BCUT2D eigenvalue weighted by atomic mass is 16.3. The van der Waals surface area contributed by atoms with Gasteiger partial charge in [0.15, 0.2) is 0 Å². The first-order valence-corrected chi connectivity index (χ1v) is 18.6. The van der Waals surface area contributed by atoms with Crippen molar-refractivity contribution >= 4 is 0 Å². The van der Waals surface area contributed by atoms with Crippen LogP contribution in [0.2, 0.25) is 0 Å². The van der Waals surface area contributed by atoms with Gasteiger partial charge in [0, 0.05) is 25.7 Å². The van der Waals surface area contributed by atoms with Crippen LogP contribution in [0.25, 0.3) is 0 Å². The second-order valence-corrected chi connectivity index (χ2v) is 13.4. The molecule has 7 rings (SSSR count). The van der Waals surface area contributed by atoms with Gasteiger partial charge in [-0.2, -0.15) is 0 Å². The number of aryl methyl sites for hydroxylation is 2. The SMILES string of the molecule is C.C.CC.CC.Cc1cc2c([O-])c(c1)Cc1cc(Cc3ccccc3)cc(c1O)Cc1cc(Cc3ccccc3)cc(c1O)Cc1cc(C)cc(c1O)C2. The number of hydrogen-bond donors (Lipinski definition) is 3. The number of phenols is 3. The average Bonchev–Trinajstić information content (AvgIpc) is 3.14. The van der Waals surface area contributed by atoms with Crippen LogP contribution in [-0.4, -0.2) is 15.3 Å². The smallest absolute Gasteiger partial charge is 0.122 e. The minimum absolute atomic E-state index is 0. The van der Waals surface area contributed by atoms with Gasteiger partial charge in [-0.3, -0.25) is 0 Å². The Bertz CT molecular complexity index is 1980. The first-order valence-electron chi connectivity index (χ1n) is 18.6. The lowest BCUT2D eigenvalue weighted by Crippen LogP contribution is -2.07. The Kier molecular flexibility index (Phi) is 15.5. The Morgan fingerprint density at radius 3 is 0.981 bits per heavy atom. The molecular weight excluding hydrogens is 665 g/mol. The van der Waals surface area contributed by atoms with Gasteiger partial charge in [-0.1, -0.05) is 174 Å². The molecule has 0 heterocycles. The molecule has 0 aliphatic heterocycles. The van der Waals surface area contributed by atoms with Crippen molar-refractivity contribution in [1.82, 2.24) is 0 Å². The summed E-state index contributed by atoms with van der Waals surface area (Å²) in [4.78, 5) is 0. The van der Waals surface area contributed by atoms with Crippen LogP contribution in [0.5, 0.6) is 23.0 Å². The average molecular weight is 724 g/mol. The van der Waals surface area contributed by atoms with E-state index in [-0.39, 0.29) is 50.7 Å². The van der Waals surface area contributed by atoms with Crippen LogP contribution >= 0.6 is 0 Å². The van der Waals surface area contributed by atoms with Crippen molar-refractivity contribution in [3.05, 3.63) is 187 Å². The van der Waals surface area contributed by atoms with Crippen LogP contribution in [0, 0.1) is 13.8 Å². The van der Waals surface area contributed by atoms with Crippen molar-refractivity contribution in [3.63, 3.8) is 0 Å². The molecule has 0 amide bonds. The molecule has 4 nitrogen and oxygen atoms in total. The second-order valence-electron chi connectivity index (χ2n) is 13.4. The molecule has 284 valence electrons. The number of rotatable bonds is 4. The minimum Gasteiger partial charge on any atom is -0.872 e. The highest BCUT2D eigenvalue weighted by Gasteiger charge is 2.20. The van der Waals surface area contributed by atoms with Crippen molar-refractivity contribution in [2.45, 2.75) is 94.9 Å². The molecule has 0 unspecified atom stereocenters. The van der Waals surface area contributed by atoms with Gasteiger partial charge in [0.2, 0.25) is 0 Å². The van der Waals surface area contributed by atoms with E-state index in [0.717, 1.165) is 33.4 Å². The van der Waals surface area contributed by atoms with Gasteiger partial charge >= 0.3 is 0 Å². The normalized spacial score (nSPS) is 11.4. The van der Waals surface area contributed by atoms with E-state index in [9.17, 15) is 20.4 Å². The van der Waals surface area contributed by atoms with Gasteiger partial charge in [-0.25, -0.2) is 0 Å². The molecular formula is C50H59O4-. The summed E-state index contributed by atoms with van der Waals surface area (Å²) >= 11 is 0.